The number of nitrogens with two attached hydrogens (primary N) is 1. The third-order valence-corrected chi connectivity index (χ3v) is 3.51. The number of nitrogens with zero attached hydrogens (tertiary/aromatic N) is 4. The fourth-order valence-corrected chi connectivity index (χ4v) is 2.46. The van der Waals surface area contributed by atoms with Gasteiger partial charge in [0.2, 0.25) is 11.8 Å². The van der Waals surface area contributed by atoms with Crippen LogP contribution in [-0.2, 0) is 0 Å². The molecule has 0 spiro atoms. The number of rotatable bonds is 3. The molecule has 0 atom stereocenters. The first-order valence-corrected chi connectivity index (χ1v) is 6.82. The van der Waals surface area contributed by atoms with Crippen LogP contribution in [0.5, 0.6) is 11.6 Å². The Hall–Kier alpha value is -2.35. The van der Waals surface area contributed by atoms with Gasteiger partial charge in [-0.05, 0) is 18.2 Å². The molecule has 3 rings (SSSR count). The van der Waals surface area contributed by atoms with Crippen molar-refractivity contribution in [2.24, 2.45) is 0 Å². The van der Waals surface area contributed by atoms with Gasteiger partial charge in [-0.1, -0.05) is 15.9 Å². The summed E-state index contributed by atoms with van der Waals surface area (Å²) < 4.78 is 13.2. The number of methoxy groups -OCH3 is 2. The Kier molecular flexibility index (Phi) is 3.38. The largest absolute Gasteiger partial charge is 0.495 e. The Labute approximate surface area is 128 Å². The third-order valence-electron chi connectivity index (χ3n) is 3.01. The quantitative estimate of drug-likeness (QED) is 0.779. The number of fused-ring (bicyclic) bond motifs is 1. The maximum Gasteiger partial charge on any atom is 0.245 e. The van der Waals surface area contributed by atoms with Crippen molar-refractivity contribution in [2.75, 3.05) is 20.0 Å². The number of hydrogen-bond donors (Lipinski definition) is 1. The van der Waals surface area contributed by atoms with Crippen molar-refractivity contribution >= 4 is 33.0 Å². The first kappa shape index (κ1) is 13.6. The highest BCUT2D eigenvalue weighted by Gasteiger charge is 2.18. The molecule has 0 saturated heterocycles. The minimum atomic E-state index is 0.278. The number of hydrogen-bond acceptors (Lipinski definition) is 6. The minimum Gasteiger partial charge on any atom is -0.495 e. The highest BCUT2D eigenvalue weighted by molar-refractivity contribution is 9.10. The Balaban J connectivity index is 2.35. The minimum absolute atomic E-state index is 0.278. The molecule has 21 heavy (non-hydrogen) atoms. The molecular weight excluding hydrogens is 338 g/mol. The van der Waals surface area contributed by atoms with Crippen LogP contribution in [0.3, 0.4) is 0 Å². The van der Waals surface area contributed by atoms with Gasteiger partial charge in [0.25, 0.3) is 0 Å². The van der Waals surface area contributed by atoms with Gasteiger partial charge in [-0.25, -0.2) is 9.97 Å². The van der Waals surface area contributed by atoms with Crippen molar-refractivity contribution in [1.29, 1.82) is 0 Å². The van der Waals surface area contributed by atoms with Crippen molar-refractivity contribution in [2.45, 2.75) is 0 Å². The Morgan fingerprint density at radius 2 is 2.00 bits per heavy atom. The van der Waals surface area contributed by atoms with E-state index < -0.39 is 0 Å². The molecule has 0 aliphatic rings. The molecule has 0 amide bonds. The molecule has 1 aromatic carbocycles. The summed E-state index contributed by atoms with van der Waals surface area (Å²) >= 11 is 3.44. The number of anilines is 1. The second kappa shape index (κ2) is 5.21. The molecule has 3 aromatic rings. The molecule has 8 heteroatoms. The number of imidazole rings is 1. The first-order valence-electron chi connectivity index (χ1n) is 6.02. The zero-order valence-electron chi connectivity index (χ0n) is 11.4. The lowest BCUT2D eigenvalue weighted by Gasteiger charge is -2.11. The average molecular weight is 350 g/mol. The maximum atomic E-state index is 6.04. The van der Waals surface area contributed by atoms with Gasteiger partial charge < -0.3 is 15.2 Å². The zero-order chi connectivity index (χ0) is 15.0. The monoisotopic (exact) mass is 349 g/mol. The smallest absolute Gasteiger partial charge is 0.245 e. The lowest BCUT2D eigenvalue weighted by Crippen LogP contribution is -2.03. The lowest BCUT2D eigenvalue weighted by atomic mass is 10.3. The van der Waals surface area contributed by atoms with Crippen LogP contribution >= 0.6 is 15.9 Å². The highest BCUT2D eigenvalue weighted by Crippen LogP contribution is 2.32. The van der Waals surface area contributed by atoms with Crippen molar-refractivity contribution in [3.8, 4) is 17.3 Å². The standard InChI is InChI=1S/C13H12BrN5O2/c1-20-9-4-3-7(14)5-8(9)19-11-10(18-13(19)15)12(21-2)17-6-16-11/h3-6H,1-2H3,(H2,15,18). The number of ether oxygens (including phenoxy) is 2. The number of benzene rings is 1. The van der Waals surface area contributed by atoms with Gasteiger partial charge in [-0.15, -0.1) is 0 Å². The third kappa shape index (κ3) is 2.17. The molecule has 7 nitrogen and oxygen atoms in total. The molecule has 0 aliphatic heterocycles. The molecule has 2 heterocycles. The second-order valence-corrected chi connectivity index (χ2v) is 5.09. The summed E-state index contributed by atoms with van der Waals surface area (Å²) in [6, 6.07) is 5.60. The Morgan fingerprint density at radius 3 is 2.71 bits per heavy atom. The van der Waals surface area contributed by atoms with Gasteiger partial charge >= 0.3 is 0 Å². The molecule has 108 valence electrons. The lowest BCUT2D eigenvalue weighted by molar-refractivity contribution is 0.401. The van der Waals surface area contributed by atoms with Gasteiger partial charge in [0, 0.05) is 4.47 Å². The molecule has 0 bridgehead atoms. The van der Waals surface area contributed by atoms with Crippen LogP contribution < -0.4 is 15.2 Å². The van der Waals surface area contributed by atoms with Gasteiger partial charge in [-0.2, -0.15) is 4.98 Å². The summed E-state index contributed by atoms with van der Waals surface area (Å²) in [6.07, 6.45) is 1.41. The molecule has 2 N–H and O–H groups in total. The van der Waals surface area contributed by atoms with Gasteiger partial charge in [0.1, 0.15) is 12.1 Å². The van der Waals surface area contributed by atoms with E-state index in [9.17, 15) is 0 Å². The molecule has 0 unspecified atom stereocenters. The summed E-state index contributed by atoms with van der Waals surface area (Å²) in [7, 11) is 3.12. The summed E-state index contributed by atoms with van der Waals surface area (Å²) in [5.74, 6) is 1.31. The van der Waals surface area contributed by atoms with Crippen LogP contribution in [0.4, 0.5) is 5.95 Å². The molecule has 2 aromatic heterocycles. The van der Waals surface area contributed by atoms with Crippen LogP contribution in [0.25, 0.3) is 16.9 Å². The second-order valence-electron chi connectivity index (χ2n) is 4.18. The molecule has 0 radical (unpaired) electrons. The van der Waals surface area contributed by atoms with Crippen LogP contribution in [0.15, 0.2) is 29.0 Å². The predicted octanol–water partition coefficient (Wildman–Crippen LogP) is 2.18. The van der Waals surface area contributed by atoms with Crippen LogP contribution in [0, 0.1) is 0 Å². The SMILES string of the molecule is COc1ccc(Br)cc1-n1c(N)nc2c(OC)ncnc21. The first-order chi connectivity index (χ1) is 10.2. The highest BCUT2D eigenvalue weighted by atomic mass is 79.9. The van der Waals surface area contributed by atoms with E-state index in [0.717, 1.165) is 10.2 Å². The summed E-state index contributed by atoms with van der Waals surface area (Å²) in [5, 5.41) is 0. The molecule has 0 fully saturated rings. The van der Waals surface area contributed by atoms with E-state index in [1.807, 2.05) is 18.2 Å². The summed E-state index contributed by atoms with van der Waals surface area (Å²) in [6.45, 7) is 0. The average Bonchev–Trinajstić information content (AvgIpc) is 2.82. The van der Waals surface area contributed by atoms with E-state index in [4.69, 9.17) is 15.2 Å². The van der Waals surface area contributed by atoms with Crippen molar-refractivity contribution in [3.63, 3.8) is 0 Å². The van der Waals surface area contributed by atoms with Gasteiger partial charge in [0.05, 0.1) is 19.9 Å². The van der Waals surface area contributed by atoms with Crippen LogP contribution in [0.1, 0.15) is 0 Å². The van der Waals surface area contributed by atoms with E-state index in [0.29, 0.717) is 22.8 Å². The topological polar surface area (TPSA) is 88.1 Å². The molecular formula is C13H12BrN5O2. The van der Waals surface area contributed by atoms with Crippen LogP contribution in [-0.4, -0.2) is 33.7 Å². The Morgan fingerprint density at radius 1 is 1.19 bits per heavy atom. The van der Waals surface area contributed by atoms with Gasteiger partial charge in [0.15, 0.2) is 11.2 Å². The van der Waals surface area contributed by atoms with Crippen molar-refractivity contribution in [3.05, 3.63) is 29.0 Å². The predicted molar refractivity (Wildman–Crippen MR) is 81.9 cm³/mol. The normalized spacial score (nSPS) is 10.8. The van der Waals surface area contributed by atoms with Gasteiger partial charge in [-0.3, -0.25) is 4.57 Å². The zero-order valence-corrected chi connectivity index (χ0v) is 13.0. The summed E-state index contributed by atoms with van der Waals surface area (Å²) in [5.41, 5.74) is 7.82. The maximum absolute atomic E-state index is 6.04. The van der Waals surface area contributed by atoms with E-state index in [1.54, 1.807) is 11.7 Å². The fourth-order valence-electron chi connectivity index (χ4n) is 2.11. The Bertz CT molecular complexity index is 818. The van der Waals surface area contributed by atoms with Crippen molar-refractivity contribution < 1.29 is 9.47 Å². The summed E-state index contributed by atoms with van der Waals surface area (Å²) in [4.78, 5) is 12.6. The van der Waals surface area contributed by atoms with E-state index in [2.05, 4.69) is 30.9 Å². The number of halogens is 1. The number of nitrogen functional groups attached to an aromatic ring is 1. The fraction of sp³-hybridized carbons (Fsp3) is 0.154. The number of aromatic nitrogens is 4. The molecule has 0 aliphatic carbocycles. The van der Waals surface area contributed by atoms with E-state index >= 15 is 0 Å². The van der Waals surface area contributed by atoms with Crippen molar-refractivity contribution in [1.82, 2.24) is 19.5 Å². The molecule has 0 saturated carbocycles. The van der Waals surface area contributed by atoms with E-state index in [1.165, 1.54) is 13.4 Å². The van der Waals surface area contributed by atoms with E-state index in [-0.39, 0.29) is 5.95 Å². The van der Waals surface area contributed by atoms with Crippen LogP contribution in [0.2, 0.25) is 0 Å².